The third-order valence-electron chi connectivity index (χ3n) is 4.26. The van der Waals surface area contributed by atoms with Gasteiger partial charge in [-0.1, -0.05) is 41.0 Å². The Morgan fingerprint density at radius 3 is 2.52 bits per heavy atom. The summed E-state index contributed by atoms with van der Waals surface area (Å²) in [7, 11) is 1.55. The minimum absolute atomic E-state index is 0.158. The number of methoxy groups -OCH3 is 1. The maximum Gasteiger partial charge on any atom is 0.250 e. The van der Waals surface area contributed by atoms with Gasteiger partial charge in [-0.05, 0) is 61.4 Å². The summed E-state index contributed by atoms with van der Waals surface area (Å²) in [5, 5.41) is 5.53. The van der Waals surface area contributed by atoms with Crippen LogP contribution in [0.5, 0.6) is 11.5 Å². The van der Waals surface area contributed by atoms with E-state index in [2.05, 4.69) is 20.5 Å². The van der Waals surface area contributed by atoms with Gasteiger partial charge in [-0.25, -0.2) is 15.4 Å². The molecule has 1 heterocycles. The van der Waals surface area contributed by atoms with Crippen LogP contribution in [0.3, 0.4) is 0 Å². The third kappa shape index (κ3) is 7.63. The number of ether oxygens (including phenoxy) is 2. The number of thioether (sulfide) groups is 1. The van der Waals surface area contributed by atoms with E-state index in [1.165, 1.54) is 18.0 Å². The number of carbonyl (C=O) groups is 1. The Balaban J connectivity index is 1.53. The Labute approximate surface area is 206 Å². The van der Waals surface area contributed by atoms with Crippen molar-refractivity contribution in [2.24, 2.45) is 5.10 Å². The number of amides is 1. The number of nitrogens with zero attached hydrogens (tertiary/aromatic N) is 3. The van der Waals surface area contributed by atoms with Crippen molar-refractivity contribution < 1.29 is 14.3 Å². The molecule has 3 rings (SSSR count). The standard InChI is InChI=1S/C23H22Cl2N4O3S/c1-14-8-15(2)28-23(27-14)33-13-22(30)29-26-11-16-5-7-20(21(10-16)31-3)32-12-17-4-6-18(24)19(25)9-17/h4-11H,12-13H2,1-3H3,(H,29,30)/b26-11-. The molecular formula is C23H22Cl2N4O3S. The van der Waals surface area contributed by atoms with Gasteiger partial charge < -0.3 is 9.47 Å². The third-order valence-corrected chi connectivity index (χ3v) is 5.85. The summed E-state index contributed by atoms with van der Waals surface area (Å²) in [6.45, 7) is 4.08. The van der Waals surface area contributed by atoms with E-state index < -0.39 is 0 Å². The van der Waals surface area contributed by atoms with Gasteiger partial charge in [0.25, 0.3) is 5.91 Å². The van der Waals surface area contributed by atoms with E-state index >= 15 is 0 Å². The van der Waals surface area contributed by atoms with Crippen molar-refractivity contribution in [2.75, 3.05) is 12.9 Å². The predicted molar refractivity (Wildman–Crippen MR) is 132 cm³/mol. The molecular weight excluding hydrogens is 483 g/mol. The van der Waals surface area contributed by atoms with Crippen LogP contribution in [0.15, 0.2) is 52.7 Å². The molecule has 0 aliphatic carbocycles. The van der Waals surface area contributed by atoms with Gasteiger partial charge in [-0.3, -0.25) is 4.79 Å². The number of nitrogens with one attached hydrogen (secondary N) is 1. The van der Waals surface area contributed by atoms with E-state index in [0.717, 1.165) is 22.5 Å². The average Bonchev–Trinajstić information content (AvgIpc) is 2.78. The molecule has 172 valence electrons. The van der Waals surface area contributed by atoms with E-state index in [9.17, 15) is 4.79 Å². The highest BCUT2D eigenvalue weighted by Gasteiger charge is 2.08. The SMILES string of the molecule is COc1cc(/C=N\NC(=O)CSc2nc(C)cc(C)n2)ccc1OCc1ccc(Cl)c(Cl)c1. The maximum absolute atomic E-state index is 12.1. The zero-order valence-electron chi connectivity index (χ0n) is 18.3. The minimum Gasteiger partial charge on any atom is -0.493 e. The molecule has 0 saturated carbocycles. The van der Waals surface area contributed by atoms with Crippen molar-refractivity contribution in [1.82, 2.24) is 15.4 Å². The van der Waals surface area contributed by atoms with E-state index in [-0.39, 0.29) is 11.7 Å². The Hall–Kier alpha value is -2.81. The van der Waals surface area contributed by atoms with Crippen molar-refractivity contribution in [2.45, 2.75) is 25.6 Å². The molecule has 1 N–H and O–H groups in total. The van der Waals surface area contributed by atoms with Crippen LogP contribution in [-0.2, 0) is 11.4 Å². The Kier molecular flexibility index (Phi) is 8.94. The molecule has 0 bridgehead atoms. The van der Waals surface area contributed by atoms with Crippen molar-refractivity contribution in [3.05, 3.63) is 75.0 Å². The fourth-order valence-corrected chi connectivity index (χ4v) is 3.84. The van der Waals surface area contributed by atoms with Crippen molar-refractivity contribution in [1.29, 1.82) is 0 Å². The number of aromatic nitrogens is 2. The first-order chi connectivity index (χ1) is 15.8. The Morgan fingerprint density at radius 2 is 1.82 bits per heavy atom. The monoisotopic (exact) mass is 504 g/mol. The zero-order valence-corrected chi connectivity index (χ0v) is 20.6. The van der Waals surface area contributed by atoms with Crippen LogP contribution in [0.4, 0.5) is 0 Å². The summed E-state index contributed by atoms with van der Waals surface area (Å²) in [6.07, 6.45) is 1.53. The second-order valence-electron chi connectivity index (χ2n) is 6.96. The molecule has 0 unspecified atom stereocenters. The number of benzene rings is 2. The first kappa shape index (κ1) is 24.8. The van der Waals surface area contributed by atoms with Gasteiger partial charge in [0.2, 0.25) is 0 Å². The molecule has 2 aromatic carbocycles. The lowest BCUT2D eigenvalue weighted by atomic mass is 10.2. The molecule has 33 heavy (non-hydrogen) atoms. The molecule has 10 heteroatoms. The van der Waals surface area contributed by atoms with Crippen molar-refractivity contribution >= 4 is 47.1 Å². The number of hydrogen-bond donors (Lipinski definition) is 1. The van der Waals surface area contributed by atoms with E-state index in [1.807, 2.05) is 26.0 Å². The van der Waals surface area contributed by atoms with Gasteiger partial charge in [0.1, 0.15) is 6.61 Å². The van der Waals surface area contributed by atoms with Gasteiger partial charge in [0, 0.05) is 11.4 Å². The van der Waals surface area contributed by atoms with E-state index in [4.69, 9.17) is 32.7 Å². The number of carbonyl (C=O) groups excluding carboxylic acids is 1. The van der Waals surface area contributed by atoms with Crippen molar-refractivity contribution in [3.63, 3.8) is 0 Å². The van der Waals surface area contributed by atoms with Crippen molar-refractivity contribution in [3.8, 4) is 11.5 Å². The quantitative estimate of drug-likeness (QED) is 0.186. The van der Waals surface area contributed by atoms with E-state index in [0.29, 0.717) is 33.3 Å². The van der Waals surface area contributed by atoms with E-state index in [1.54, 1.807) is 37.4 Å². The lowest BCUT2D eigenvalue weighted by Gasteiger charge is -2.11. The molecule has 0 radical (unpaired) electrons. The molecule has 0 saturated heterocycles. The highest BCUT2D eigenvalue weighted by Crippen LogP contribution is 2.29. The van der Waals surface area contributed by atoms with Crippen LogP contribution in [0.25, 0.3) is 0 Å². The summed E-state index contributed by atoms with van der Waals surface area (Å²) in [6, 6.07) is 12.5. The summed E-state index contributed by atoms with van der Waals surface area (Å²) in [4.78, 5) is 20.7. The molecule has 3 aromatic rings. The summed E-state index contributed by atoms with van der Waals surface area (Å²) >= 11 is 13.2. The maximum atomic E-state index is 12.1. The predicted octanol–water partition coefficient (Wildman–Crippen LogP) is 5.23. The summed E-state index contributed by atoms with van der Waals surface area (Å²) in [5.41, 5.74) is 5.84. The average molecular weight is 505 g/mol. The lowest BCUT2D eigenvalue weighted by molar-refractivity contribution is -0.118. The van der Waals surface area contributed by atoms with Gasteiger partial charge in [-0.15, -0.1) is 0 Å². The minimum atomic E-state index is -0.257. The number of rotatable bonds is 9. The van der Waals surface area contributed by atoms with Gasteiger partial charge >= 0.3 is 0 Å². The number of hydrogen-bond acceptors (Lipinski definition) is 7. The summed E-state index contributed by atoms with van der Waals surface area (Å²) < 4.78 is 11.3. The Morgan fingerprint density at radius 1 is 1.06 bits per heavy atom. The van der Waals surface area contributed by atoms with Crippen LogP contribution in [0.2, 0.25) is 10.0 Å². The van der Waals surface area contributed by atoms with Gasteiger partial charge in [0.15, 0.2) is 16.7 Å². The first-order valence-electron chi connectivity index (χ1n) is 9.86. The van der Waals surface area contributed by atoms with Crippen LogP contribution < -0.4 is 14.9 Å². The second kappa shape index (κ2) is 11.9. The number of hydrazone groups is 1. The summed E-state index contributed by atoms with van der Waals surface area (Å²) in [5.74, 6) is 1.00. The molecule has 0 atom stereocenters. The zero-order chi connectivity index (χ0) is 23.8. The Bertz CT molecular complexity index is 1150. The molecule has 7 nitrogen and oxygen atoms in total. The molecule has 1 amide bonds. The van der Waals surface area contributed by atoms with Crippen LogP contribution in [0, 0.1) is 13.8 Å². The number of halogens is 2. The molecule has 0 aliphatic rings. The van der Waals surface area contributed by atoms with Gasteiger partial charge in [-0.2, -0.15) is 5.10 Å². The lowest BCUT2D eigenvalue weighted by Crippen LogP contribution is -2.19. The fraction of sp³-hybridized carbons (Fsp3) is 0.217. The fourth-order valence-electron chi connectivity index (χ4n) is 2.77. The normalized spacial score (nSPS) is 10.9. The largest absolute Gasteiger partial charge is 0.493 e. The first-order valence-corrected chi connectivity index (χ1v) is 11.6. The second-order valence-corrected chi connectivity index (χ2v) is 8.72. The highest BCUT2D eigenvalue weighted by molar-refractivity contribution is 7.99. The molecule has 0 aliphatic heterocycles. The topological polar surface area (TPSA) is 85.7 Å². The van der Waals surface area contributed by atoms with Gasteiger partial charge in [0.05, 0.1) is 29.1 Å². The number of aryl methyl sites for hydroxylation is 2. The molecule has 0 spiro atoms. The van der Waals surface area contributed by atoms with Crippen LogP contribution in [-0.4, -0.2) is 35.0 Å². The molecule has 0 fully saturated rings. The smallest absolute Gasteiger partial charge is 0.250 e. The van der Waals surface area contributed by atoms with Crippen LogP contribution in [0.1, 0.15) is 22.5 Å². The molecule has 1 aromatic heterocycles. The van der Waals surface area contributed by atoms with Crippen LogP contribution >= 0.6 is 35.0 Å². The highest BCUT2D eigenvalue weighted by atomic mass is 35.5.